The molecule has 5 nitrogen and oxygen atoms in total. The Bertz CT molecular complexity index is 1240. The minimum absolute atomic E-state index is 0.0845. The number of aryl methyl sites for hydroxylation is 2. The molecule has 32 heavy (non-hydrogen) atoms. The standard InChI is InChI=1S/C26H26N2O3S/c1-5-19-10-20(12-21(11-19)31-18(3)29)23-14-28(4)15-24(26(23)30)22-8-6-7-9-25(22)32-16-17(2)13-27/h6-12,14-15,17H,5,16H2,1-4H3. The molecule has 0 saturated heterocycles. The third kappa shape index (κ3) is 5.49. The Kier molecular flexibility index (Phi) is 7.55. The molecule has 2 aromatic carbocycles. The van der Waals surface area contributed by atoms with Crippen molar-refractivity contribution in [1.82, 2.24) is 4.57 Å². The van der Waals surface area contributed by atoms with Crippen LogP contribution in [0.5, 0.6) is 5.75 Å². The molecule has 1 aromatic heterocycles. The second kappa shape index (κ2) is 10.3. The van der Waals surface area contributed by atoms with Crippen LogP contribution in [0.15, 0.2) is 64.5 Å². The largest absolute Gasteiger partial charge is 0.427 e. The number of pyridine rings is 1. The molecule has 0 bridgehead atoms. The van der Waals surface area contributed by atoms with E-state index >= 15 is 0 Å². The Labute approximate surface area is 192 Å². The zero-order chi connectivity index (χ0) is 23.3. The normalized spacial score (nSPS) is 11.6. The average Bonchev–Trinajstić information content (AvgIpc) is 2.78. The predicted octanol–water partition coefficient (Wildman–Crippen LogP) is 5.46. The molecule has 1 unspecified atom stereocenters. The van der Waals surface area contributed by atoms with Gasteiger partial charge in [-0.05, 0) is 42.7 Å². The molecule has 0 aliphatic heterocycles. The van der Waals surface area contributed by atoms with Gasteiger partial charge in [0.05, 0.1) is 12.0 Å². The Hall–Kier alpha value is -3.30. The van der Waals surface area contributed by atoms with Gasteiger partial charge in [-0.25, -0.2) is 0 Å². The fourth-order valence-corrected chi connectivity index (χ4v) is 4.43. The Morgan fingerprint density at radius 2 is 1.88 bits per heavy atom. The topological polar surface area (TPSA) is 72.1 Å². The molecule has 1 heterocycles. The summed E-state index contributed by atoms with van der Waals surface area (Å²) in [7, 11) is 1.89. The van der Waals surface area contributed by atoms with Crippen molar-refractivity contribution in [3.8, 4) is 34.1 Å². The number of rotatable bonds is 7. The van der Waals surface area contributed by atoms with Crippen molar-refractivity contribution in [3.63, 3.8) is 0 Å². The molecule has 0 radical (unpaired) electrons. The molecule has 3 rings (SSSR count). The zero-order valence-corrected chi connectivity index (χ0v) is 19.5. The zero-order valence-electron chi connectivity index (χ0n) is 18.7. The quantitative estimate of drug-likeness (QED) is 0.274. The van der Waals surface area contributed by atoms with Gasteiger partial charge in [0.25, 0.3) is 0 Å². The molecule has 0 spiro atoms. The summed E-state index contributed by atoms with van der Waals surface area (Å²) < 4.78 is 7.18. The number of carbonyl (C=O) groups excluding carboxylic acids is 1. The van der Waals surface area contributed by atoms with Crippen LogP contribution in [-0.2, 0) is 18.3 Å². The second-order valence-corrected chi connectivity index (χ2v) is 8.79. The number of aromatic nitrogens is 1. The monoisotopic (exact) mass is 446 g/mol. The van der Waals surface area contributed by atoms with Crippen molar-refractivity contribution in [2.45, 2.75) is 32.1 Å². The van der Waals surface area contributed by atoms with Gasteiger partial charge in [0, 0.05) is 53.7 Å². The number of esters is 1. The van der Waals surface area contributed by atoms with E-state index in [0.29, 0.717) is 28.2 Å². The molecule has 6 heteroatoms. The number of hydrogen-bond acceptors (Lipinski definition) is 5. The van der Waals surface area contributed by atoms with Crippen LogP contribution in [0.3, 0.4) is 0 Å². The lowest BCUT2D eigenvalue weighted by Crippen LogP contribution is -2.12. The van der Waals surface area contributed by atoms with Crippen LogP contribution in [0, 0.1) is 17.2 Å². The lowest BCUT2D eigenvalue weighted by molar-refractivity contribution is -0.131. The summed E-state index contributed by atoms with van der Waals surface area (Å²) in [6.45, 7) is 5.26. The molecule has 164 valence electrons. The second-order valence-electron chi connectivity index (χ2n) is 7.73. The van der Waals surface area contributed by atoms with Crippen LogP contribution < -0.4 is 10.2 Å². The van der Waals surface area contributed by atoms with Gasteiger partial charge in [-0.3, -0.25) is 9.59 Å². The van der Waals surface area contributed by atoms with E-state index in [9.17, 15) is 9.59 Å². The van der Waals surface area contributed by atoms with E-state index in [4.69, 9.17) is 10.00 Å². The summed E-state index contributed by atoms with van der Waals surface area (Å²) >= 11 is 1.58. The maximum atomic E-state index is 13.6. The van der Waals surface area contributed by atoms with Gasteiger partial charge < -0.3 is 9.30 Å². The smallest absolute Gasteiger partial charge is 0.308 e. The molecule has 0 saturated carbocycles. The predicted molar refractivity (Wildman–Crippen MR) is 129 cm³/mol. The average molecular weight is 447 g/mol. The SMILES string of the molecule is CCc1cc(OC(C)=O)cc(-c2cn(C)cc(-c3ccccc3SCC(C)C#N)c2=O)c1. The minimum atomic E-state index is -0.400. The van der Waals surface area contributed by atoms with Gasteiger partial charge in [0.15, 0.2) is 5.43 Å². The van der Waals surface area contributed by atoms with Gasteiger partial charge in [-0.1, -0.05) is 31.2 Å². The number of nitriles is 1. The Balaban J connectivity index is 2.14. The molecule has 0 N–H and O–H groups in total. The minimum Gasteiger partial charge on any atom is -0.427 e. The first-order valence-electron chi connectivity index (χ1n) is 10.5. The van der Waals surface area contributed by atoms with Gasteiger partial charge in [0.2, 0.25) is 0 Å². The number of nitrogens with zero attached hydrogens (tertiary/aromatic N) is 2. The lowest BCUT2D eigenvalue weighted by Gasteiger charge is -2.14. The summed E-state index contributed by atoms with van der Waals surface area (Å²) in [4.78, 5) is 26.1. The van der Waals surface area contributed by atoms with Crippen molar-refractivity contribution in [2.75, 3.05) is 5.75 Å². The molecule has 1 atom stereocenters. The van der Waals surface area contributed by atoms with Gasteiger partial charge in [-0.2, -0.15) is 5.26 Å². The maximum Gasteiger partial charge on any atom is 0.308 e. The van der Waals surface area contributed by atoms with E-state index in [1.807, 2.05) is 68.1 Å². The van der Waals surface area contributed by atoms with Crippen molar-refractivity contribution in [2.24, 2.45) is 13.0 Å². The third-order valence-electron chi connectivity index (χ3n) is 4.99. The summed E-state index contributed by atoms with van der Waals surface area (Å²) in [6, 6.07) is 15.5. The van der Waals surface area contributed by atoms with Crippen molar-refractivity contribution < 1.29 is 9.53 Å². The highest BCUT2D eigenvalue weighted by molar-refractivity contribution is 7.99. The van der Waals surface area contributed by atoms with Crippen LogP contribution >= 0.6 is 11.8 Å². The summed E-state index contributed by atoms with van der Waals surface area (Å²) in [5, 5.41) is 9.11. The van der Waals surface area contributed by atoms with Crippen LogP contribution in [-0.4, -0.2) is 16.3 Å². The molecule has 0 amide bonds. The van der Waals surface area contributed by atoms with Crippen molar-refractivity contribution in [1.29, 1.82) is 5.26 Å². The number of thioether (sulfide) groups is 1. The Morgan fingerprint density at radius 3 is 2.56 bits per heavy atom. The van der Waals surface area contributed by atoms with Gasteiger partial charge in [0.1, 0.15) is 5.75 Å². The van der Waals surface area contributed by atoms with Crippen LogP contribution in [0.4, 0.5) is 0 Å². The van der Waals surface area contributed by atoms with E-state index < -0.39 is 5.97 Å². The fraction of sp³-hybridized carbons (Fsp3) is 0.269. The first-order chi connectivity index (χ1) is 15.3. The third-order valence-corrected chi connectivity index (χ3v) is 6.32. The van der Waals surface area contributed by atoms with Gasteiger partial charge >= 0.3 is 5.97 Å². The molecular weight excluding hydrogens is 420 g/mol. The highest BCUT2D eigenvalue weighted by Gasteiger charge is 2.16. The Morgan fingerprint density at radius 1 is 1.16 bits per heavy atom. The van der Waals surface area contributed by atoms with Gasteiger partial charge in [-0.15, -0.1) is 11.8 Å². The summed E-state index contributed by atoms with van der Waals surface area (Å²) in [5.41, 5.74) is 3.58. The fourth-order valence-electron chi connectivity index (χ4n) is 3.42. The molecule has 0 fully saturated rings. The first-order valence-corrected chi connectivity index (χ1v) is 11.5. The van der Waals surface area contributed by atoms with E-state index in [1.165, 1.54) is 6.92 Å². The van der Waals surface area contributed by atoms with E-state index in [0.717, 1.165) is 22.4 Å². The highest BCUT2D eigenvalue weighted by Crippen LogP contribution is 2.32. The van der Waals surface area contributed by atoms with Crippen LogP contribution in [0.25, 0.3) is 22.3 Å². The molecule has 0 aliphatic rings. The van der Waals surface area contributed by atoms with Crippen molar-refractivity contribution in [3.05, 3.63) is 70.6 Å². The highest BCUT2D eigenvalue weighted by atomic mass is 32.2. The molecule has 0 aliphatic carbocycles. The number of ether oxygens (including phenoxy) is 1. The molecular formula is C26H26N2O3S. The first kappa shape index (κ1) is 23.4. The van der Waals surface area contributed by atoms with E-state index in [2.05, 4.69) is 6.07 Å². The van der Waals surface area contributed by atoms with Crippen molar-refractivity contribution >= 4 is 17.7 Å². The molecule has 3 aromatic rings. The van der Waals surface area contributed by atoms with E-state index in [-0.39, 0.29) is 11.3 Å². The number of carbonyl (C=O) groups is 1. The van der Waals surface area contributed by atoms with E-state index in [1.54, 1.807) is 24.0 Å². The maximum absolute atomic E-state index is 13.6. The lowest BCUT2D eigenvalue weighted by atomic mass is 9.98. The number of hydrogen-bond donors (Lipinski definition) is 0. The summed E-state index contributed by atoms with van der Waals surface area (Å²) in [5.74, 6) is 0.598. The summed E-state index contributed by atoms with van der Waals surface area (Å²) in [6.07, 6.45) is 4.37. The number of benzene rings is 2. The van der Waals surface area contributed by atoms with Crippen LogP contribution in [0.1, 0.15) is 26.3 Å². The van der Waals surface area contributed by atoms with Crippen LogP contribution in [0.2, 0.25) is 0 Å².